The van der Waals surface area contributed by atoms with Crippen LogP contribution in [0.3, 0.4) is 0 Å². The van der Waals surface area contributed by atoms with Crippen molar-refractivity contribution in [3.05, 3.63) is 17.0 Å². The highest BCUT2D eigenvalue weighted by atomic mass is 35.5. The number of carbonyl (C=O) groups excluding carboxylic acids is 1. The minimum atomic E-state index is -0.222. The Morgan fingerprint density at radius 3 is 2.79 bits per heavy atom. The van der Waals surface area contributed by atoms with Crippen molar-refractivity contribution in [3.63, 3.8) is 0 Å². The Balaban J connectivity index is 2.08. The predicted octanol–water partition coefficient (Wildman–Crippen LogP) is 0.978. The average molecular weight is 285 g/mol. The van der Waals surface area contributed by atoms with Crippen molar-refractivity contribution >= 4 is 23.3 Å². The molecule has 1 aliphatic rings. The Morgan fingerprint density at radius 2 is 2.21 bits per heavy atom. The zero-order valence-electron chi connectivity index (χ0n) is 10.8. The maximum Gasteiger partial charge on any atom is 0.220 e. The van der Waals surface area contributed by atoms with Crippen molar-refractivity contribution in [2.24, 2.45) is 11.7 Å². The molecule has 0 bridgehead atoms. The van der Waals surface area contributed by atoms with E-state index >= 15 is 0 Å². The van der Waals surface area contributed by atoms with E-state index in [1.807, 2.05) is 0 Å². The van der Waals surface area contributed by atoms with E-state index in [0.29, 0.717) is 17.6 Å². The highest BCUT2D eigenvalue weighted by Crippen LogP contribution is 2.23. The third-order valence-corrected chi connectivity index (χ3v) is 3.42. The molecule has 1 fully saturated rings. The molecule has 1 saturated heterocycles. The van der Waals surface area contributed by atoms with Crippen LogP contribution in [0.4, 0.5) is 5.82 Å². The summed E-state index contributed by atoms with van der Waals surface area (Å²) in [7, 11) is 1.59. The Morgan fingerprint density at radius 1 is 1.53 bits per heavy atom. The molecule has 1 aliphatic heterocycles. The normalized spacial score (nSPS) is 16.6. The number of ether oxygens (including phenoxy) is 1. The van der Waals surface area contributed by atoms with Gasteiger partial charge in [0.2, 0.25) is 5.91 Å². The van der Waals surface area contributed by atoms with Gasteiger partial charge >= 0.3 is 0 Å². The summed E-state index contributed by atoms with van der Waals surface area (Å²) in [5.41, 5.74) is 5.32. The van der Waals surface area contributed by atoms with Gasteiger partial charge in [-0.05, 0) is 12.8 Å². The van der Waals surface area contributed by atoms with Gasteiger partial charge in [0.1, 0.15) is 17.6 Å². The van der Waals surface area contributed by atoms with Gasteiger partial charge in [-0.25, -0.2) is 9.97 Å². The first-order valence-corrected chi connectivity index (χ1v) is 6.54. The van der Waals surface area contributed by atoms with Gasteiger partial charge in [-0.3, -0.25) is 4.79 Å². The molecule has 2 rings (SSSR count). The first-order chi connectivity index (χ1) is 9.10. The highest BCUT2D eigenvalue weighted by molar-refractivity contribution is 6.29. The summed E-state index contributed by atoms with van der Waals surface area (Å²) in [4.78, 5) is 21.7. The van der Waals surface area contributed by atoms with Crippen LogP contribution in [-0.2, 0) is 16.1 Å². The molecule has 1 aromatic heterocycles. The minimum Gasteiger partial charge on any atom is -0.377 e. The SMILES string of the molecule is COCc1nc(Cl)cc(N2CCC(C(N)=O)CC2)n1. The van der Waals surface area contributed by atoms with Gasteiger partial charge in [0, 0.05) is 32.2 Å². The lowest BCUT2D eigenvalue weighted by Crippen LogP contribution is -2.39. The molecule has 0 atom stereocenters. The number of aromatic nitrogens is 2. The van der Waals surface area contributed by atoms with Gasteiger partial charge in [-0.1, -0.05) is 11.6 Å². The smallest absolute Gasteiger partial charge is 0.220 e. The number of methoxy groups -OCH3 is 1. The summed E-state index contributed by atoms with van der Waals surface area (Å²) >= 11 is 5.98. The van der Waals surface area contributed by atoms with Gasteiger partial charge < -0.3 is 15.4 Å². The van der Waals surface area contributed by atoms with Gasteiger partial charge in [0.25, 0.3) is 0 Å². The molecule has 104 valence electrons. The van der Waals surface area contributed by atoms with Gasteiger partial charge in [-0.2, -0.15) is 0 Å². The van der Waals surface area contributed by atoms with Crippen LogP contribution in [0.1, 0.15) is 18.7 Å². The first kappa shape index (κ1) is 14.0. The fourth-order valence-electron chi connectivity index (χ4n) is 2.20. The van der Waals surface area contributed by atoms with Crippen LogP contribution >= 0.6 is 11.6 Å². The van der Waals surface area contributed by atoms with Crippen LogP contribution in [0, 0.1) is 5.92 Å². The van der Waals surface area contributed by atoms with E-state index in [-0.39, 0.29) is 11.8 Å². The Labute approximate surface area is 116 Å². The summed E-state index contributed by atoms with van der Waals surface area (Å²) in [6.07, 6.45) is 1.49. The van der Waals surface area contributed by atoms with Crippen LogP contribution in [0.2, 0.25) is 5.15 Å². The molecular formula is C12H17ClN4O2. The molecule has 1 aromatic rings. The number of carbonyl (C=O) groups is 1. The van der Waals surface area contributed by atoms with Crippen molar-refractivity contribution in [1.29, 1.82) is 0 Å². The van der Waals surface area contributed by atoms with Crippen molar-refractivity contribution in [3.8, 4) is 0 Å². The fourth-order valence-corrected chi connectivity index (χ4v) is 2.40. The second kappa shape index (κ2) is 6.16. The number of hydrogen-bond donors (Lipinski definition) is 1. The van der Waals surface area contributed by atoms with E-state index in [9.17, 15) is 4.79 Å². The number of primary amides is 1. The highest BCUT2D eigenvalue weighted by Gasteiger charge is 2.24. The van der Waals surface area contributed by atoms with Crippen molar-refractivity contribution in [2.45, 2.75) is 19.4 Å². The zero-order chi connectivity index (χ0) is 13.8. The summed E-state index contributed by atoms with van der Waals surface area (Å²) < 4.78 is 5.01. The molecule has 6 nitrogen and oxygen atoms in total. The number of anilines is 1. The van der Waals surface area contributed by atoms with E-state index in [1.165, 1.54) is 0 Å². The number of halogens is 1. The molecule has 0 aromatic carbocycles. The largest absolute Gasteiger partial charge is 0.377 e. The maximum atomic E-state index is 11.1. The Bertz CT molecular complexity index is 461. The van der Waals surface area contributed by atoms with E-state index < -0.39 is 0 Å². The summed E-state index contributed by atoms with van der Waals surface area (Å²) in [6.45, 7) is 1.81. The van der Waals surface area contributed by atoms with Crippen LogP contribution in [-0.4, -0.2) is 36.1 Å². The van der Waals surface area contributed by atoms with Crippen LogP contribution in [0.25, 0.3) is 0 Å². The second-order valence-corrected chi connectivity index (χ2v) is 4.95. The van der Waals surface area contributed by atoms with Crippen molar-refractivity contribution in [1.82, 2.24) is 9.97 Å². The molecule has 19 heavy (non-hydrogen) atoms. The zero-order valence-corrected chi connectivity index (χ0v) is 11.6. The monoisotopic (exact) mass is 284 g/mol. The Hall–Kier alpha value is -1.40. The fraction of sp³-hybridized carbons (Fsp3) is 0.583. The van der Waals surface area contributed by atoms with E-state index in [4.69, 9.17) is 22.1 Å². The van der Waals surface area contributed by atoms with Gasteiger partial charge in [-0.15, -0.1) is 0 Å². The van der Waals surface area contributed by atoms with E-state index in [2.05, 4.69) is 14.9 Å². The quantitative estimate of drug-likeness (QED) is 0.834. The predicted molar refractivity (Wildman–Crippen MR) is 71.9 cm³/mol. The second-order valence-electron chi connectivity index (χ2n) is 4.56. The average Bonchev–Trinajstić information content (AvgIpc) is 2.38. The van der Waals surface area contributed by atoms with Crippen LogP contribution in [0.5, 0.6) is 0 Å². The molecule has 2 N–H and O–H groups in total. The molecule has 0 radical (unpaired) electrons. The van der Waals surface area contributed by atoms with Crippen molar-refractivity contribution < 1.29 is 9.53 Å². The maximum absolute atomic E-state index is 11.1. The molecular weight excluding hydrogens is 268 g/mol. The molecule has 0 unspecified atom stereocenters. The number of hydrogen-bond acceptors (Lipinski definition) is 5. The summed E-state index contributed by atoms with van der Waals surface area (Å²) in [6, 6.07) is 1.73. The molecule has 0 spiro atoms. The van der Waals surface area contributed by atoms with Gasteiger partial charge in [0.15, 0.2) is 5.82 Å². The number of piperidine rings is 1. The van der Waals surface area contributed by atoms with Crippen molar-refractivity contribution in [2.75, 3.05) is 25.1 Å². The summed E-state index contributed by atoms with van der Waals surface area (Å²) in [5.74, 6) is 1.07. The Kier molecular flexibility index (Phi) is 4.55. The number of nitrogens with zero attached hydrogens (tertiary/aromatic N) is 3. The van der Waals surface area contributed by atoms with Crippen LogP contribution < -0.4 is 10.6 Å². The molecule has 0 saturated carbocycles. The third-order valence-electron chi connectivity index (χ3n) is 3.22. The summed E-state index contributed by atoms with van der Waals surface area (Å²) in [5, 5.41) is 0.397. The standard InChI is InChI=1S/C12H17ClN4O2/c1-19-7-10-15-9(13)6-11(16-10)17-4-2-8(3-5-17)12(14)18/h6,8H,2-5,7H2,1H3,(H2,14,18). The minimum absolute atomic E-state index is 0.0352. The lowest BCUT2D eigenvalue weighted by molar-refractivity contribution is -0.122. The molecule has 7 heteroatoms. The van der Waals surface area contributed by atoms with E-state index in [1.54, 1.807) is 13.2 Å². The lowest BCUT2D eigenvalue weighted by atomic mass is 9.96. The van der Waals surface area contributed by atoms with Crippen LogP contribution in [0.15, 0.2) is 6.07 Å². The molecule has 1 amide bonds. The lowest BCUT2D eigenvalue weighted by Gasteiger charge is -2.31. The molecule has 2 heterocycles. The van der Waals surface area contributed by atoms with E-state index in [0.717, 1.165) is 31.7 Å². The number of nitrogens with two attached hydrogens (primary N) is 1. The topological polar surface area (TPSA) is 81.3 Å². The van der Waals surface area contributed by atoms with Gasteiger partial charge in [0.05, 0.1) is 0 Å². The third kappa shape index (κ3) is 3.54. The number of rotatable bonds is 4. The first-order valence-electron chi connectivity index (χ1n) is 6.17. The number of amides is 1. The molecule has 0 aliphatic carbocycles.